The van der Waals surface area contributed by atoms with E-state index in [4.69, 9.17) is 0 Å². The largest absolute Gasteiger partial charge is 0.385 e. The lowest BCUT2D eigenvalue weighted by Crippen LogP contribution is -2.23. The van der Waals surface area contributed by atoms with Crippen LogP contribution < -0.4 is 10.6 Å². The zero-order chi connectivity index (χ0) is 14.6. The molecule has 1 aromatic carbocycles. The number of unbranched alkanes of at least 4 members (excludes halogenated alkanes) is 4. The SMILES string of the molecule is C=CCNC(=O)c1ccc(NCCCCCCC)cc1. The number of hydrogen-bond acceptors (Lipinski definition) is 2. The molecule has 0 aliphatic carbocycles. The summed E-state index contributed by atoms with van der Waals surface area (Å²) in [4.78, 5) is 11.7. The van der Waals surface area contributed by atoms with Crippen LogP contribution in [0, 0.1) is 0 Å². The Morgan fingerprint density at radius 2 is 1.85 bits per heavy atom. The maximum atomic E-state index is 11.7. The van der Waals surface area contributed by atoms with Gasteiger partial charge in [-0.2, -0.15) is 0 Å². The number of nitrogens with one attached hydrogen (secondary N) is 2. The molecule has 0 atom stereocenters. The van der Waals surface area contributed by atoms with Crippen LogP contribution in [0.15, 0.2) is 36.9 Å². The first-order chi connectivity index (χ1) is 9.77. The lowest BCUT2D eigenvalue weighted by atomic mass is 10.1. The molecule has 20 heavy (non-hydrogen) atoms. The molecule has 0 spiro atoms. The summed E-state index contributed by atoms with van der Waals surface area (Å²) >= 11 is 0. The third-order valence-electron chi connectivity index (χ3n) is 3.16. The summed E-state index contributed by atoms with van der Waals surface area (Å²) in [7, 11) is 0. The van der Waals surface area contributed by atoms with Crippen LogP contribution in [0.4, 0.5) is 5.69 Å². The molecule has 2 N–H and O–H groups in total. The minimum absolute atomic E-state index is 0.0592. The van der Waals surface area contributed by atoms with E-state index in [-0.39, 0.29) is 5.91 Å². The highest BCUT2D eigenvalue weighted by Gasteiger charge is 2.03. The molecule has 0 unspecified atom stereocenters. The third-order valence-corrected chi connectivity index (χ3v) is 3.16. The van der Waals surface area contributed by atoms with E-state index in [9.17, 15) is 4.79 Å². The minimum atomic E-state index is -0.0592. The van der Waals surface area contributed by atoms with Crippen LogP contribution in [-0.4, -0.2) is 19.0 Å². The van der Waals surface area contributed by atoms with Gasteiger partial charge in [0, 0.05) is 24.3 Å². The molecule has 3 nitrogen and oxygen atoms in total. The highest BCUT2D eigenvalue weighted by molar-refractivity contribution is 5.94. The maximum absolute atomic E-state index is 11.7. The van der Waals surface area contributed by atoms with Crippen molar-refractivity contribution in [3.05, 3.63) is 42.5 Å². The van der Waals surface area contributed by atoms with E-state index < -0.39 is 0 Å². The summed E-state index contributed by atoms with van der Waals surface area (Å²) in [6.07, 6.45) is 8.08. The summed E-state index contributed by atoms with van der Waals surface area (Å²) in [5.41, 5.74) is 1.75. The van der Waals surface area contributed by atoms with E-state index in [0.717, 1.165) is 12.2 Å². The number of amides is 1. The maximum Gasteiger partial charge on any atom is 0.251 e. The standard InChI is InChI=1S/C17H26N2O/c1-3-5-6-7-8-14-18-16-11-9-15(10-12-16)17(20)19-13-4-2/h4,9-12,18H,2-3,5-8,13-14H2,1H3,(H,19,20). The molecule has 0 aromatic heterocycles. The summed E-state index contributed by atoms with van der Waals surface area (Å²) in [6.45, 7) is 7.29. The predicted octanol–water partition coefficient (Wildman–Crippen LogP) is 3.98. The van der Waals surface area contributed by atoms with Gasteiger partial charge in [0.05, 0.1) is 0 Å². The van der Waals surface area contributed by atoms with Gasteiger partial charge in [-0.25, -0.2) is 0 Å². The van der Waals surface area contributed by atoms with Crippen molar-refractivity contribution in [2.75, 3.05) is 18.4 Å². The Bertz CT molecular complexity index is 398. The van der Waals surface area contributed by atoms with Crippen LogP contribution in [0.2, 0.25) is 0 Å². The first-order valence-corrected chi connectivity index (χ1v) is 7.51. The summed E-state index contributed by atoms with van der Waals surface area (Å²) in [5.74, 6) is -0.0592. The second kappa shape index (κ2) is 10.1. The Morgan fingerprint density at radius 1 is 1.15 bits per heavy atom. The van der Waals surface area contributed by atoms with Gasteiger partial charge in [-0.05, 0) is 30.7 Å². The van der Waals surface area contributed by atoms with Crippen molar-refractivity contribution in [3.63, 3.8) is 0 Å². The zero-order valence-electron chi connectivity index (χ0n) is 12.5. The highest BCUT2D eigenvalue weighted by Crippen LogP contribution is 2.10. The molecule has 0 radical (unpaired) electrons. The Kier molecular flexibility index (Phi) is 8.20. The predicted molar refractivity (Wildman–Crippen MR) is 86.2 cm³/mol. The topological polar surface area (TPSA) is 41.1 Å². The second-order valence-corrected chi connectivity index (χ2v) is 4.92. The van der Waals surface area contributed by atoms with Crippen LogP contribution in [0.3, 0.4) is 0 Å². The Labute approximate surface area is 122 Å². The molecule has 0 heterocycles. The molecule has 0 bridgehead atoms. The van der Waals surface area contributed by atoms with Gasteiger partial charge >= 0.3 is 0 Å². The third kappa shape index (κ3) is 6.41. The molecule has 1 amide bonds. The average molecular weight is 274 g/mol. The second-order valence-electron chi connectivity index (χ2n) is 4.92. The molecule has 0 saturated carbocycles. The fourth-order valence-corrected chi connectivity index (χ4v) is 1.97. The van der Waals surface area contributed by atoms with Crippen molar-refractivity contribution in [1.29, 1.82) is 0 Å². The van der Waals surface area contributed by atoms with Crippen LogP contribution in [0.1, 0.15) is 49.4 Å². The quantitative estimate of drug-likeness (QED) is 0.500. The van der Waals surface area contributed by atoms with E-state index in [1.54, 1.807) is 6.08 Å². The van der Waals surface area contributed by atoms with E-state index >= 15 is 0 Å². The van der Waals surface area contributed by atoms with Crippen LogP contribution in [-0.2, 0) is 0 Å². The van der Waals surface area contributed by atoms with Crippen LogP contribution in [0.25, 0.3) is 0 Å². The number of anilines is 1. The van der Waals surface area contributed by atoms with Crippen molar-refractivity contribution >= 4 is 11.6 Å². The summed E-state index contributed by atoms with van der Waals surface area (Å²) < 4.78 is 0. The number of rotatable bonds is 10. The Balaban J connectivity index is 2.28. The fourth-order valence-electron chi connectivity index (χ4n) is 1.97. The van der Waals surface area contributed by atoms with Crippen LogP contribution in [0.5, 0.6) is 0 Å². The first-order valence-electron chi connectivity index (χ1n) is 7.51. The van der Waals surface area contributed by atoms with E-state index in [1.807, 2.05) is 24.3 Å². The van der Waals surface area contributed by atoms with Gasteiger partial charge in [0.1, 0.15) is 0 Å². The summed E-state index contributed by atoms with van der Waals surface area (Å²) in [6, 6.07) is 7.60. The van der Waals surface area contributed by atoms with Crippen molar-refractivity contribution in [2.24, 2.45) is 0 Å². The van der Waals surface area contributed by atoms with Gasteiger partial charge in [0.25, 0.3) is 5.91 Å². The number of carbonyl (C=O) groups is 1. The lowest BCUT2D eigenvalue weighted by molar-refractivity contribution is 0.0958. The zero-order valence-corrected chi connectivity index (χ0v) is 12.5. The molecule has 0 fully saturated rings. The van der Waals surface area contributed by atoms with E-state index in [0.29, 0.717) is 12.1 Å². The number of carbonyl (C=O) groups excluding carboxylic acids is 1. The normalized spacial score (nSPS) is 10.1. The molecule has 0 saturated heterocycles. The highest BCUT2D eigenvalue weighted by atomic mass is 16.1. The summed E-state index contributed by atoms with van der Waals surface area (Å²) in [5, 5.41) is 6.15. The molecule has 1 aromatic rings. The lowest BCUT2D eigenvalue weighted by Gasteiger charge is -2.07. The van der Waals surface area contributed by atoms with Crippen LogP contribution >= 0.6 is 0 Å². The van der Waals surface area contributed by atoms with Gasteiger partial charge in [-0.3, -0.25) is 4.79 Å². The van der Waals surface area contributed by atoms with Gasteiger partial charge in [0.2, 0.25) is 0 Å². The van der Waals surface area contributed by atoms with Crippen molar-refractivity contribution in [2.45, 2.75) is 39.0 Å². The van der Waals surface area contributed by atoms with Crippen molar-refractivity contribution < 1.29 is 4.79 Å². The Hall–Kier alpha value is -1.77. The number of hydrogen-bond donors (Lipinski definition) is 2. The molecular formula is C17H26N2O. The van der Waals surface area contributed by atoms with Gasteiger partial charge < -0.3 is 10.6 Å². The van der Waals surface area contributed by atoms with Gasteiger partial charge in [-0.1, -0.05) is 38.7 Å². The molecule has 0 aliphatic rings. The monoisotopic (exact) mass is 274 g/mol. The Morgan fingerprint density at radius 3 is 2.50 bits per heavy atom. The van der Waals surface area contributed by atoms with Crippen molar-refractivity contribution in [3.8, 4) is 0 Å². The van der Waals surface area contributed by atoms with E-state index in [1.165, 1.54) is 32.1 Å². The molecule has 0 aliphatic heterocycles. The fraction of sp³-hybridized carbons (Fsp3) is 0.471. The molecular weight excluding hydrogens is 248 g/mol. The smallest absolute Gasteiger partial charge is 0.251 e. The first kappa shape index (κ1) is 16.3. The molecule has 1 rings (SSSR count). The van der Waals surface area contributed by atoms with Crippen molar-refractivity contribution in [1.82, 2.24) is 5.32 Å². The number of benzene rings is 1. The van der Waals surface area contributed by atoms with E-state index in [2.05, 4.69) is 24.1 Å². The minimum Gasteiger partial charge on any atom is -0.385 e. The molecule has 3 heteroatoms. The van der Waals surface area contributed by atoms with Gasteiger partial charge in [0.15, 0.2) is 0 Å². The van der Waals surface area contributed by atoms with Gasteiger partial charge in [-0.15, -0.1) is 6.58 Å². The molecule has 110 valence electrons. The average Bonchev–Trinajstić information content (AvgIpc) is 2.49.